The zero-order valence-corrected chi connectivity index (χ0v) is 17.8. The van der Waals surface area contributed by atoms with E-state index in [9.17, 15) is 27.5 Å². The lowest BCUT2D eigenvalue weighted by atomic mass is 9.93. The molecule has 4 rings (SSSR count). The van der Waals surface area contributed by atoms with E-state index in [0.717, 1.165) is 17.4 Å². The molecule has 1 fully saturated rings. The third-order valence-corrected chi connectivity index (χ3v) is 6.13. The van der Waals surface area contributed by atoms with Crippen molar-refractivity contribution in [2.75, 3.05) is 23.3 Å². The lowest BCUT2D eigenvalue weighted by molar-refractivity contribution is -0.177. The summed E-state index contributed by atoms with van der Waals surface area (Å²) in [6, 6.07) is 4.31. The van der Waals surface area contributed by atoms with Crippen LogP contribution in [-0.2, 0) is 0 Å². The number of nitrogens with one attached hydrogen (secondary N) is 1. The fourth-order valence-electron chi connectivity index (χ4n) is 3.70. The predicted molar refractivity (Wildman–Crippen MR) is 116 cm³/mol. The van der Waals surface area contributed by atoms with Crippen molar-refractivity contribution in [1.82, 2.24) is 9.97 Å². The fraction of sp³-hybridized carbons (Fsp3) is 0.286. The number of hydrogen-bond acceptors (Lipinski definition) is 7. The summed E-state index contributed by atoms with van der Waals surface area (Å²) in [4.78, 5) is 22.3. The van der Waals surface area contributed by atoms with Crippen molar-refractivity contribution in [3.05, 3.63) is 53.6 Å². The first kappa shape index (κ1) is 22.9. The number of piperidine rings is 1. The number of amides is 1. The van der Waals surface area contributed by atoms with E-state index >= 15 is 0 Å². The molecule has 0 bridgehead atoms. The van der Waals surface area contributed by atoms with E-state index in [-0.39, 0.29) is 47.2 Å². The van der Waals surface area contributed by atoms with E-state index in [2.05, 4.69) is 15.3 Å². The standard InChI is InChI=1S/C21H19F4N5O2S/c22-15-2-1-13(31)6-14(15)20-29-17(10-33-20)19(32)28-16-7-27-4-3-18(16)30-8-11(21(23,24)25)5-12(26)9-30/h1-4,6-7,10-12,31H,5,8-9,26H2,(H,28,32). The third-order valence-electron chi connectivity index (χ3n) is 5.25. The molecule has 1 saturated heterocycles. The molecule has 3 aromatic rings. The minimum atomic E-state index is -4.38. The maximum atomic E-state index is 14.1. The van der Waals surface area contributed by atoms with Gasteiger partial charge in [-0.25, -0.2) is 9.37 Å². The first-order valence-corrected chi connectivity index (χ1v) is 10.8. The summed E-state index contributed by atoms with van der Waals surface area (Å²) >= 11 is 1.01. The summed E-state index contributed by atoms with van der Waals surface area (Å²) in [5, 5.41) is 13.8. The van der Waals surface area contributed by atoms with E-state index in [1.54, 1.807) is 0 Å². The van der Waals surface area contributed by atoms with E-state index in [0.29, 0.717) is 5.69 Å². The molecule has 2 atom stereocenters. The van der Waals surface area contributed by atoms with Gasteiger partial charge in [0.2, 0.25) is 0 Å². The highest BCUT2D eigenvalue weighted by Crippen LogP contribution is 2.36. The number of anilines is 2. The van der Waals surface area contributed by atoms with E-state index in [4.69, 9.17) is 5.73 Å². The number of halogens is 4. The maximum Gasteiger partial charge on any atom is 0.393 e. The largest absolute Gasteiger partial charge is 0.508 e. The number of aromatic hydroxyl groups is 1. The van der Waals surface area contributed by atoms with Crippen LogP contribution in [0.25, 0.3) is 10.6 Å². The summed E-state index contributed by atoms with van der Waals surface area (Å²) in [6.07, 6.45) is -1.80. The number of hydrogen-bond donors (Lipinski definition) is 3. The molecule has 1 aliphatic heterocycles. The molecule has 174 valence electrons. The van der Waals surface area contributed by atoms with Crippen LogP contribution in [-0.4, -0.2) is 46.3 Å². The van der Waals surface area contributed by atoms with Gasteiger partial charge in [-0.1, -0.05) is 0 Å². The molecule has 12 heteroatoms. The molecule has 33 heavy (non-hydrogen) atoms. The topological polar surface area (TPSA) is 104 Å². The van der Waals surface area contributed by atoms with Gasteiger partial charge in [-0.05, 0) is 30.7 Å². The van der Waals surface area contributed by atoms with Gasteiger partial charge >= 0.3 is 6.18 Å². The zero-order chi connectivity index (χ0) is 23.8. The van der Waals surface area contributed by atoms with Crippen LogP contribution in [0.5, 0.6) is 5.75 Å². The van der Waals surface area contributed by atoms with Crippen molar-refractivity contribution in [2.45, 2.75) is 18.6 Å². The smallest absolute Gasteiger partial charge is 0.393 e. The summed E-state index contributed by atoms with van der Waals surface area (Å²) in [7, 11) is 0. The molecule has 0 spiro atoms. The van der Waals surface area contributed by atoms with Crippen LogP contribution >= 0.6 is 11.3 Å². The van der Waals surface area contributed by atoms with Crippen molar-refractivity contribution < 1.29 is 27.5 Å². The molecule has 3 heterocycles. The number of phenols is 1. The van der Waals surface area contributed by atoms with Crippen LogP contribution in [0.1, 0.15) is 16.9 Å². The van der Waals surface area contributed by atoms with Gasteiger partial charge in [0.15, 0.2) is 0 Å². The van der Waals surface area contributed by atoms with Crippen molar-refractivity contribution in [3.63, 3.8) is 0 Å². The number of nitrogens with two attached hydrogens (primary N) is 1. The predicted octanol–water partition coefficient (Wildman–Crippen LogP) is 4.02. The van der Waals surface area contributed by atoms with Gasteiger partial charge in [0.05, 0.1) is 23.5 Å². The van der Waals surface area contributed by atoms with E-state index in [1.165, 1.54) is 40.9 Å². The number of aromatic nitrogens is 2. The number of rotatable bonds is 4. The van der Waals surface area contributed by atoms with E-state index < -0.39 is 29.9 Å². The highest BCUT2D eigenvalue weighted by Gasteiger charge is 2.44. The molecule has 4 N–H and O–H groups in total. The second-order valence-corrected chi connectivity index (χ2v) is 8.55. The maximum absolute atomic E-state index is 14.1. The summed E-state index contributed by atoms with van der Waals surface area (Å²) in [5.41, 5.74) is 6.46. The van der Waals surface area contributed by atoms with Crippen molar-refractivity contribution in [1.29, 1.82) is 0 Å². The highest BCUT2D eigenvalue weighted by atomic mass is 32.1. The Morgan fingerprint density at radius 3 is 2.82 bits per heavy atom. The van der Waals surface area contributed by atoms with Gasteiger partial charge < -0.3 is 21.1 Å². The first-order valence-electron chi connectivity index (χ1n) is 9.89. The van der Waals surface area contributed by atoms with Crippen molar-refractivity contribution in [2.24, 2.45) is 11.7 Å². The number of benzene rings is 1. The average molecular weight is 481 g/mol. The third kappa shape index (κ3) is 5.06. The van der Waals surface area contributed by atoms with Gasteiger partial charge in [-0.3, -0.25) is 9.78 Å². The molecule has 2 unspecified atom stereocenters. The number of alkyl halides is 3. The van der Waals surface area contributed by atoms with Crippen LogP contribution < -0.4 is 16.0 Å². The van der Waals surface area contributed by atoms with Gasteiger partial charge in [0.1, 0.15) is 22.3 Å². The normalized spacial score (nSPS) is 18.9. The van der Waals surface area contributed by atoms with Crippen LogP contribution in [0.2, 0.25) is 0 Å². The summed E-state index contributed by atoms with van der Waals surface area (Å²) in [5.74, 6) is -2.98. The molecule has 1 aliphatic rings. The molecular weight excluding hydrogens is 462 g/mol. The number of carbonyl (C=O) groups excluding carboxylic acids is 1. The lowest BCUT2D eigenvalue weighted by Crippen LogP contribution is -2.51. The van der Waals surface area contributed by atoms with Crippen LogP contribution in [0, 0.1) is 11.7 Å². The molecule has 2 aromatic heterocycles. The Kier molecular flexibility index (Phi) is 6.21. The Morgan fingerprint density at radius 2 is 2.06 bits per heavy atom. The van der Waals surface area contributed by atoms with Crippen LogP contribution in [0.3, 0.4) is 0 Å². The SMILES string of the molecule is NC1CC(C(F)(F)F)CN(c2ccncc2NC(=O)c2csc(-c3cc(O)ccc3F)n2)C1. The van der Waals surface area contributed by atoms with Gasteiger partial charge in [0.25, 0.3) is 5.91 Å². The fourth-order valence-corrected chi connectivity index (χ4v) is 4.51. The lowest BCUT2D eigenvalue weighted by Gasteiger charge is -2.39. The second-order valence-electron chi connectivity index (χ2n) is 7.69. The minimum absolute atomic E-state index is 0.0175. The Bertz CT molecular complexity index is 1170. The quantitative estimate of drug-likeness (QED) is 0.487. The second kappa shape index (κ2) is 8.94. The Labute approximate surface area is 189 Å². The van der Waals surface area contributed by atoms with Crippen molar-refractivity contribution >= 4 is 28.6 Å². The Hall–Kier alpha value is -3.25. The summed E-state index contributed by atoms with van der Waals surface area (Å²) in [6.45, 7) is -0.0984. The summed E-state index contributed by atoms with van der Waals surface area (Å²) < 4.78 is 54.0. The van der Waals surface area contributed by atoms with Crippen molar-refractivity contribution in [3.8, 4) is 16.3 Å². The molecular formula is C21H19F4N5O2S. The zero-order valence-electron chi connectivity index (χ0n) is 17.0. The average Bonchev–Trinajstić information content (AvgIpc) is 3.25. The molecule has 1 aromatic carbocycles. The number of thiazole rings is 1. The van der Waals surface area contributed by atoms with E-state index in [1.807, 2.05) is 0 Å². The van der Waals surface area contributed by atoms with Gasteiger partial charge in [0, 0.05) is 36.3 Å². The molecule has 7 nitrogen and oxygen atoms in total. The number of pyridine rings is 1. The molecule has 1 amide bonds. The first-order chi connectivity index (χ1) is 15.6. The van der Waals surface area contributed by atoms with Gasteiger partial charge in [-0.2, -0.15) is 13.2 Å². The Morgan fingerprint density at radius 1 is 1.27 bits per heavy atom. The van der Waals surface area contributed by atoms with Crippen LogP contribution in [0.15, 0.2) is 42.0 Å². The van der Waals surface area contributed by atoms with Crippen LogP contribution in [0.4, 0.5) is 28.9 Å². The molecule has 0 aliphatic carbocycles. The number of carbonyl (C=O) groups is 1. The minimum Gasteiger partial charge on any atom is -0.508 e. The molecule has 0 saturated carbocycles. The monoisotopic (exact) mass is 481 g/mol. The van der Waals surface area contributed by atoms with Gasteiger partial charge in [-0.15, -0.1) is 11.3 Å². The molecule has 0 radical (unpaired) electrons. The highest BCUT2D eigenvalue weighted by molar-refractivity contribution is 7.13. The number of phenolic OH excluding ortho intramolecular Hbond substituents is 1. The Balaban J connectivity index is 1.56. The number of nitrogens with zero attached hydrogens (tertiary/aromatic N) is 3.